The molecule has 5 nitrogen and oxygen atoms in total. The normalized spacial score (nSPS) is 24.9. The molecule has 1 aromatic rings. The van der Waals surface area contributed by atoms with Gasteiger partial charge in [-0.1, -0.05) is 0 Å². The van der Waals surface area contributed by atoms with Crippen LogP contribution >= 0.6 is 11.3 Å². The number of nitrogens with one attached hydrogen (secondary N) is 1. The molecule has 2 fully saturated rings. The lowest BCUT2D eigenvalue weighted by Crippen LogP contribution is -2.48. The zero-order valence-electron chi connectivity index (χ0n) is 13.3. The fourth-order valence-electron chi connectivity index (χ4n) is 3.14. The first-order chi connectivity index (χ1) is 10.5. The van der Waals surface area contributed by atoms with Crippen LogP contribution in [-0.2, 0) is 0 Å². The van der Waals surface area contributed by atoms with Crippen LogP contribution in [-0.4, -0.2) is 40.2 Å². The molecule has 2 N–H and O–H groups in total. The van der Waals surface area contributed by atoms with Gasteiger partial charge in [0, 0.05) is 30.1 Å². The lowest BCUT2D eigenvalue weighted by molar-refractivity contribution is 0.0731. The van der Waals surface area contributed by atoms with E-state index in [9.17, 15) is 9.90 Å². The summed E-state index contributed by atoms with van der Waals surface area (Å²) in [7, 11) is 0. The molecule has 3 atom stereocenters. The van der Waals surface area contributed by atoms with E-state index in [4.69, 9.17) is 0 Å². The standard InChI is InChI=1S/C16H25N3O2S/c1-10-8-17-15(22-10)14(12-5-6-12)18-16(21)19-7-3-4-13(9-19)11(2)20/h8,11-14,20H,3-7,9H2,1-2H3,(H,18,21). The minimum Gasteiger partial charge on any atom is -0.393 e. The van der Waals surface area contributed by atoms with Crippen LogP contribution < -0.4 is 5.32 Å². The number of piperidine rings is 1. The van der Waals surface area contributed by atoms with E-state index in [2.05, 4.69) is 10.3 Å². The maximum atomic E-state index is 12.6. The molecule has 0 spiro atoms. The molecule has 1 saturated heterocycles. The molecule has 1 saturated carbocycles. The molecule has 1 aliphatic carbocycles. The topological polar surface area (TPSA) is 65.5 Å². The van der Waals surface area contributed by atoms with Crippen molar-refractivity contribution in [2.75, 3.05) is 13.1 Å². The third-order valence-electron chi connectivity index (χ3n) is 4.70. The Labute approximate surface area is 135 Å². The van der Waals surface area contributed by atoms with Crippen LogP contribution in [0.15, 0.2) is 6.20 Å². The summed E-state index contributed by atoms with van der Waals surface area (Å²) in [6, 6.07) is 0.0493. The van der Waals surface area contributed by atoms with Crippen molar-refractivity contribution in [3.63, 3.8) is 0 Å². The van der Waals surface area contributed by atoms with E-state index in [1.807, 2.05) is 24.9 Å². The maximum Gasteiger partial charge on any atom is 0.317 e. The van der Waals surface area contributed by atoms with E-state index >= 15 is 0 Å². The number of aliphatic hydroxyl groups excluding tert-OH is 1. The van der Waals surface area contributed by atoms with Gasteiger partial charge in [-0.05, 0) is 45.4 Å². The summed E-state index contributed by atoms with van der Waals surface area (Å²) in [5.74, 6) is 0.729. The Kier molecular flexibility index (Phi) is 4.68. The number of amides is 2. The number of carbonyl (C=O) groups is 1. The van der Waals surface area contributed by atoms with Crippen LogP contribution in [0.3, 0.4) is 0 Å². The number of carbonyl (C=O) groups excluding carboxylic acids is 1. The van der Waals surface area contributed by atoms with Gasteiger partial charge in [0.25, 0.3) is 0 Å². The number of hydrogen-bond donors (Lipinski definition) is 2. The van der Waals surface area contributed by atoms with Gasteiger partial charge in [0.15, 0.2) is 0 Å². The van der Waals surface area contributed by atoms with Gasteiger partial charge in [-0.3, -0.25) is 0 Å². The first-order valence-electron chi connectivity index (χ1n) is 8.20. The second-order valence-corrected chi connectivity index (χ2v) is 7.93. The van der Waals surface area contributed by atoms with Crippen molar-refractivity contribution in [3.8, 4) is 0 Å². The highest BCUT2D eigenvalue weighted by Gasteiger charge is 2.36. The van der Waals surface area contributed by atoms with E-state index < -0.39 is 0 Å². The predicted molar refractivity (Wildman–Crippen MR) is 86.8 cm³/mol. The van der Waals surface area contributed by atoms with Crippen molar-refractivity contribution in [2.45, 2.75) is 51.7 Å². The molecule has 122 valence electrons. The molecule has 0 aromatic carbocycles. The molecule has 0 bridgehead atoms. The van der Waals surface area contributed by atoms with Crippen molar-refractivity contribution >= 4 is 17.4 Å². The first-order valence-corrected chi connectivity index (χ1v) is 9.02. The summed E-state index contributed by atoms with van der Waals surface area (Å²) in [6.45, 7) is 5.29. The molecule has 1 aliphatic heterocycles. The van der Waals surface area contributed by atoms with Crippen molar-refractivity contribution in [2.24, 2.45) is 11.8 Å². The van der Waals surface area contributed by atoms with Crippen LogP contribution in [0.5, 0.6) is 0 Å². The summed E-state index contributed by atoms with van der Waals surface area (Å²) < 4.78 is 0. The summed E-state index contributed by atoms with van der Waals surface area (Å²) in [6.07, 6.45) is 5.83. The molecule has 1 aromatic heterocycles. The van der Waals surface area contributed by atoms with Gasteiger partial charge in [-0.15, -0.1) is 11.3 Å². The second-order valence-electron chi connectivity index (χ2n) is 6.66. The van der Waals surface area contributed by atoms with Gasteiger partial charge in [-0.25, -0.2) is 9.78 Å². The summed E-state index contributed by atoms with van der Waals surface area (Å²) >= 11 is 1.67. The predicted octanol–water partition coefficient (Wildman–Crippen LogP) is 2.71. The van der Waals surface area contributed by atoms with Crippen LogP contribution in [0.1, 0.15) is 48.5 Å². The average molecular weight is 323 g/mol. The van der Waals surface area contributed by atoms with Gasteiger partial charge < -0.3 is 15.3 Å². The Morgan fingerprint density at radius 1 is 1.45 bits per heavy atom. The molecule has 3 rings (SSSR count). The number of aromatic nitrogens is 1. The van der Waals surface area contributed by atoms with Gasteiger partial charge in [0.1, 0.15) is 5.01 Å². The Morgan fingerprint density at radius 3 is 2.82 bits per heavy atom. The molecule has 2 aliphatic rings. The van der Waals surface area contributed by atoms with Crippen molar-refractivity contribution < 1.29 is 9.90 Å². The Morgan fingerprint density at radius 2 is 2.23 bits per heavy atom. The van der Waals surface area contributed by atoms with E-state index in [-0.39, 0.29) is 24.1 Å². The number of nitrogens with zero attached hydrogens (tertiary/aromatic N) is 2. The van der Waals surface area contributed by atoms with Crippen LogP contribution in [0.25, 0.3) is 0 Å². The first kappa shape index (κ1) is 15.7. The van der Waals surface area contributed by atoms with Crippen molar-refractivity contribution in [1.29, 1.82) is 0 Å². The number of urea groups is 1. The van der Waals surface area contributed by atoms with E-state index in [1.54, 1.807) is 11.3 Å². The number of aliphatic hydroxyl groups is 1. The maximum absolute atomic E-state index is 12.6. The Balaban J connectivity index is 1.64. The largest absolute Gasteiger partial charge is 0.393 e. The van der Waals surface area contributed by atoms with Crippen molar-refractivity contribution in [1.82, 2.24) is 15.2 Å². The lowest BCUT2D eigenvalue weighted by atomic mass is 9.94. The van der Waals surface area contributed by atoms with Gasteiger partial charge >= 0.3 is 6.03 Å². The third kappa shape index (κ3) is 3.60. The number of likely N-dealkylation sites (tertiary alicyclic amines) is 1. The smallest absolute Gasteiger partial charge is 0.317 e. The molecule has 6 heteroatoms. The number of rotatable bonds is 4. The zero-order valence-corrected chi connectivity index (χ0v) is 14.1. The van der Waals surface area contributed by atoms with E-state index in [0.717, 1.165) is 24.4 Å². The molecule has 0 radical (unpaired) electrons. The molecule has 2 amide bonds. The summed E-state index contributed by atoms with van der Waals surface area (Å²) in [5, 5.41) is 14.0. The lowest BCUT2D eigenvalue weighted by Gasteiger charge is -2.35. The minimum absolute atomic E-state index is 0.00453. The Bertz CT molecular complexity index is 527. The highest BCUT2D eigenvalue weighted by Crippen LogP contribution is 2.42. The zero-order chi connectivity index (χ0) is 15.7. The van der Waals surface area contributed by atoms with E-state index in [0.29, 0.717) is 12.5 Å². The van der Waals surface area contributed by atoms with Gasteiger partial charge in [-0.2, -0.15) is 0 Å². The van der Waals surface area contributed by atoms with Crippen LogP contribution in [0.2, 0.25) is 0 Å². The third-order valence-corrected chi connectivity index (χ3v) is 5.70. The number of aryl methyl sites for hydroxylation is 1. The average Bonchev–Trinajstić information content (AvgIpc) is 3.26. The highest BCUT2D eigenvalue weighted by atomic mass is 32.1. The van der Waals surface area contributed by atoms with Crippen LogP contribution in [0, 0.1) is 18.8 Å². The summed E-state index contributed by atoms with van der Waals surface area (Å²) in [5.41, 5.74) is 0. The second kappa shape index (κ2) is 6.54. The Hall–Kier alpha value is -1.14. The fourth-order valence-corrected chi connectivity index (χ4v) is 4.06. The number of hydrogen-bond acceptors (Lipinski definition) is 4. The fraction of sp³-hybridized carbons (Fsp3) is 0.750. The molecule has 3 unspecified atom stereocenters. The van der Waals surface area contributed by atoms with E-state index in [1.165, 1.54) is 17.7 Å². The van der Waals surface area contributed by atoms with Crippen molar-refractivity contribution in [3.05, 3.63) is 16.1 Å². The van der Waals surface area contributed by atoms with Gasteiger partial charge in [0.05, 0.1) is 12.1 Å². The molecular formula is C16H25N3O2S. The summed E-state index contributed by atoms with van der Waals surface area (Å²) in [4.78, 5) is 20.1. The molecule has 22 heavy (non-hydrogen) atoms. The SMILES string of the molecule is Cc1cnc(C(NC(=O)N2CCCC(C(C)O)C2)C2CC2)s1. The minimum atomic E-state index is -0.351. The number of thiazole rings is 1. The monoisotopic (exact) mass is 323 g/mol. The van der Waals surface area contributed by atoms with Gasteiger partial charge in [0.2, 0.25) is 0 Å². The quantitative estimate of drug-likeness (QED) is 0.895. The molecule has 2 heterocycles. The molecular weight excluding hydrogens is 298 g/mol. The van der Waals surface area contributed by atoms with Crippen LogP contribution in [0.4, 0.5) is 4.79 Å². The highest BCUT2D eigenvalue weighted by molar-refractivity contribution is 7.11.